The molecule has 4 nitrogen and oxygen atoms in total. The van der Waals surface area contributed by atoms with Crippen molar-refractivity contribution in [2.75, 3.05) is 13.2 Å². The van der Waals surface area contributed by atoms with Crippen LogP contribution >= 0.6 is 11.6 Å². The van der Waals surface area contributed by atoms with Gasteiger partial charge < -0.3 is 4.74 Å². The molecule has 2 aromatic carbocycles. The maximum absolute atomic E-state index is 13.4. The molecule has 0 spiro atoms. The molecule has 0 aromatic heterocycles. The fourth-order valence-electron chi connectivity index (χ4n) is 2.55. The van der Waals surface area contributed by atoms with Crippen molar-refractivity contribution < 1.29 is 17.5 Å². The Morgan fingerprint density at radius 1 is 1.26 bits per heavy atom. The van der Waals surface area contributed by atoms with E-state index in [0.717, 1.165) is 0 Å². The summed E-state index contributed by atoms with van der Waals surface area (Å²) in [5.41, 5.74) is 1.00. The number of hydrogen-bond acceptors (Lipinski definition) is 3. The first-order chi connectivity index (χ1) is 10.9. The lowest BCUT2D eigenvalue weighted by Gasteiger charge is -2.21. The number of rotatable bonds is 2. The maximum Gasteiger partial charge on any atom is 0.243 e. The largest absolute Gasteiger partial charge is 0.492 e. The lowest BCUT2D eigenvalue weighted by Crippen LogP contribution is -2.33. The van der Waals surface area contributed by atoms with Crippen molar-refractivity contribution >= 4 is 21.6 Å². The molecule has 0 atom stereocenters. The van der Waals surface area contributed by atoms with Crippen LogP contribution in [0.3, 0.4) is 0 Å². The van der Waals surface area contributed by atoms with E-state index in [-0.39, 0.29) is 24.6 Å². The molecule has 0 aliphatic carbocycles. The molecule has 1 heterocycles. The molecule has 0 amide bonds. The van der Waals surface area contributed by atoms with Gasteiger partial charge in [-0.3, -0.25) is 0 Å². The second-order valence-corrected chi connectivity index (χ2v) is 7.62. The van der Waals surface area contributed by atoms with Gasteiger partial charge in [0.05, 0.1) is 4.90 Å². The molecule has 3 rings (SSSR count). The Balaban J connectivity index is 2.02. The van der Waals surface area contributed by atoms with Crippen LogP contribution in [0.5, 0.6) is 5.75 Å². The highest BCUT2D eigenvalue weighted by molar-refractivity contribution is 7.89. The number of sulfonamides is 1. The van der Waals surface area contributed by atoms with E-state index >= 15 is 0 Å². The average Bonchev–Trinajstić information content (AvgIpc) is 2.72. The number of fused-ring (bicyclic) bond motifs is 1. The Hall–Kier alpha value is -1.63. The summed E-state index contributed by atoms with van der Waals surface area (Å²) in [6, 6.07) is 8.88. The Bertz CT molecular complexity index is 854. The molecule has 23 heavy (non-hydrogen) atoms. The molecule has 0 fully saturated rings. The maximum atomic E-state index is 13.4. The van der Waals surface area contributed by atoms with Gasteiger partial charge in [0.25, 0.3) is 0 Å². The minimum atomic E-state index is -3.75. The third-order valence-corrected chi connectivity index (χ3v) is 6.20. The van der Waals surface area contributed by atoms with E-state index in [1.165, 1.54) is 28.6 Å². The number of ether oxygens (including phenoxy) is 1. The summed E-state index contributed by atoms with van der Waals surface area (Å²) >= 11 is 6.04. The molecule has 0 saturated heterocycles. The third kappa shape index (κ3) is 3.06. The van der Waals surface area contributed by atoms with E-state index in [1.807, 2.05) is 0 Å². The minimum absolute atomic E-state index is 0.0569. The van der Waals surface area contributed by atoms with Gasteiger partial charge in [-0.2, -0.15) is 4.31 Å². The molecule has 0 bridgehead atoms. The number of halogens is 2. The molecule has 1 aliphatic heterocycles. The summed E-state index contributed by atoms with van der Waals surface area (Å²) in [7, 11) is -3.75. The predicted molar refractivity (Wildman–Crippen MR) is 85.7 cm³/mol. The quantitative estimate of drug-likeness (QED) is 0.829. The predicted octanol–water partition coefficient (Wildman–Crippen LogP) is 3.37. The summed E-state index contributed by atoms with van der Waals surface area (Å²) < 4.78 is 46.1. The van der Waals surface area contributed by atoms with E-state index < -0.39 is 15.8 Å². The molecule has 1 aliphatic rings. The van der Waals surface area contributed by atoms with E-state index in [0.29, 0.717) is 21.9 Å². The van der Waals surface area contributed by atoms with E-state index in [4.69, 9.17) is 16.3 Å². The second kappa shape index (κ2) is 6.11. The smallest absolute Gasteiger partial charge is 0.243 e. The van der Waals surface area contributed by atoms with Gasteiger partial charge in [0.2, 0.25) is 10.0 Å². The Morgan fingerprint density at radius 3 is 2.83 bits per heavy atom. The van der Waals surface area contributed by atoms with Crippen LogP contribution in [-0.2, 0) is 16.6 Å². The Morgan fingerprint density at radius 2 is 2.04 bits per heavy atom. The SMILES string of the molecule is Cc1c(Cl)cccc1S(=O)(=O)N1CCOc2ccc(F)cc2C1. The Kier molecular flexibility index (Phi) is 4.31. The highest BCUT2D eigenvalue weighted by atomic mass is 35.5. The normalized spacial score (nSPS) is 15.6. The molecular formula is C16H15ClFNO3S. The zero-order valence-electron chi connectivity index (χ0n) is 12.4. The van der Waals surface area contributed by atoms with Gasteiger partial charge in [-0.15, -0.1) is 0 Å². The highest BCUT2D eigenvalue weighted by Crippen LogP contribution is 2.30. The first kappa shape index (κ1) is 16.2. The molecular weight excluding hydrogens is 341 g/mol. The fourth-order valence-corrected chi connectivity index (χ4v) is 4.43. The van der Waals surface area contributed by atoms with Crippen LogP contribution in [0.15, 0.2) is 41.3 Å². The van der Waals surface area contributed by atoms with Gasteiger partial charge in [0.15, 0.2) is 0 Å². The molecule has 0 saturated carbocycles. The summed E-state index contributed by atoms with van der Waals surface area (Å²) in [5.74, 6) is 0.0810. The zero-order valence-corrected chi connectivity index (χ0v) is 14.0. The topological polar surface area (TPSA) is 46.6 Å². The van der Waals surface area contributed by atoms with Crippen molar-refractivity contribution in [2.24, 2.45) is 0 Å². The van der Waals surface area contributed by atoms with Gasteiger partial charge >= 0.3 is 0 Å². The first-order valence-electron chi connectivity index (χ1n) is 7.06. The lowest BCUT2D eigenvalue weighted by atomic mass is 10.2. The van der Waals surface area contributed by atoms with Gasteiger partial charge in [-0.05, 0) is 42.8 Å². The van der Waals surface area contributed by atoms with Crippen molar-refractivity contribution in [3.05, 3.63) is 58.4 Å². The first-order valence-corrected chi connectivity index (χ1v) is 8.88. The Labute approximate surface area is 139 Å². The van der Waals surface area contributed by atoms with E-state index in [1.54, 1.807) is 19.1 Å². The van der Waals surface area contributed by atoms with Crippen molar-refractivity contribution in [2.45, 2.75) is 18.4 Å². The van der Waals surface area contributed by atoms with Gasteiger partial charge in [0.1, 0.15) is 18.2 Å². The summed E-state index contributed by atoms with van der Waals surface area (Å²) in [5, 5.41) is 0.392. The van der Waals surface area contributed by atoms with Crippen LogP contribution in [0.2, 0.25) is 5.02 Å². The summed E-state index contributed by atoms with van der Waals surface area (Å²) in [4.78, 5) is 0.157. The molecule has 7 heteroatoms. The number of nitrogens with zero attached hydrogens (tertiary/aromatic N) is 1. The summed E-state index contributed by atoms with van der Waals surface area (Å²) in [6.45, 7) is 2.11. The van der Waals surface area contributed by atoms with Gasteiger partial charge in [-0.25, -0.2) is 12.8 Å². The van der Waals surface area contributed by atoms with Crippen molar-refractivity contribution in [3.63, 3.8) is 0 Å². The molecule has 122 valence electrons. The van der Waals surface area contributed by atoms with Crippen LogP contribution in [0, 0.1) is 12.7 Å². The second-order valence-electron chi connectivity index (χ2n) is 5.30. The van der Waals surface area contributed by atoms with E-state index in [9.17, 15) is 12.8 Å². The average molecular weight is 356 g/mol. The third-order valence-electron chi connectivity index (χ3n) is 3.80. The number of hydrogen-bond donors (Lipinski definition) is 0. The molecule has 2 aromatic rings. The van der Waals surface area contributed by atoms with Crippen LogP contribution in [-0.4, -0.2) is 25.9 Å². The summed E-state index contributed by atoms with van der Waals surface area (Å²) in [6.07, 6.45) is 0. The highest BCUT2D eigenvalue weighted by Gasteiger charge is 2.29. The minimum Gasteiger partial charge on any atom is -0.492 e. The van der Waals surface area contributed by atoms with Crippen molar-refractivity contribution in [1.29, 1.82) is 0 Å². The standard InChI is InChI=1S/C16H15ClFNO3S/c1-11-14(17)3-2-4-16(11)23(20,21)19-7-8-22-15-6-5-13(18)9-12(15)10-19/h2-6,9H,7-8,10H2,1H3. The van der Waals surface area contributed by atoms with Crippen LogP contribution in [0.1, 0.15) is 11.1 Å². The van der Waals surface area contributed by atoms with Crippen LogP contribution in [0.25, 0.3) is 0 Å². The number of benzene rings is 2. The molecule has 0 radical (unpaired) electrons. The van der Waals surface area contributed by atoms with Crippen LogP contribution < -0.4 is 4.74 Å². The molecule has 0 N–H and O–H groups in total. The van der Waals surface area contributed by atoms with Gasteiger partial charge in [0, 0.05) is 23.7 Å². The van der Waals surface area contributed by atoms with Gasteiger partial charge in [-0.1, -0.05) is 17.7 Å². The van der Waals surface area contributed by atoms with Crippen molar-refractivity contribution in [1.82, 2.24) is 4.31 Å². The van der Waals surface area contributed by atoms with Crippen LogP contribution in [0.4, 0.5) is 4.39 Å². The lowest BCUT2D eigenvalue weighted by molar-refractivity contribution is 0.293. The van der Waals surface area contributed by atoms with E-state index in [2.05, 4.69) is 0 Å². The zero-order chi connectivity index (χ0) is 16.6. The monoisotopic (exact) mass is 355 g/mol. The van der Waals surface area contributed by atoms with Crippen molar-refractivity contribution in [3.8, 4) is 5.75 Å². The molecule has 0 unspecified atom stereocenters. The fraction of sp³-hybridized carbons (Fsp3) is 0.250.